The van der Waals surface area contributed by atoms with Gasteiger partial charge in [0.2, 0.25) is 5.91 Å². The number of ether oxygens (including phenoxy) is 3. The highest BCUT2D eigenvalue weighted by Crippen LogP contribution is 2.32. The fourth-order valence-electron chi connectivity index (χ4n) is 4.19. The zero-order valence-electron chi connectivity index (χ0n) is 22.1. The second-order valence-corrected chi connectivity index (χ2v) is 9.54. The number of hydrogen-bond donors (Lipinski definition) is 1. The molecule has 0 saturated carbocycles. The SMILES string of the molecule is CCCCOc1c(C)cc(-c2ccc(CCC(COC(C)=O)(COC(C)=O)CC(N)=O)cc2)cc1C. The first kappa shape index (κ1) is 28.9. The third-order valence-electron chi connectivity index (χ3n) is 6.15. The Morgan fingerprint density at radius 2 is 1.44 bits per heavy atom. The first-order valence-corrected chi connectivity index (χ1v) is 12.4. The van der Waals surface area contributed by atoms with Crippen LogP contribution in [-0.2, 0) is 30.3 Å². The Hall–Kier alpha value is -3.35. The number of esters is 2. The molecule has 196 valence electrons. The average molecular weight is 498 g/mol. The Kier molecular flexibility index (Phi) is 11.0. The highest BCUT2D eigenvalue weighted by atomic mass is 16.5. The molecule has 0 heterocycles. The van der Waals surface area contributed by atoms with Crippen LogP contribution < -0.4 is 10.5 Å². The summed E-state index contributed by atoms with van der Waals surface area (Å²) in [5, 5.41) is 0. The number of nitrogens with two attached hydrogens (primary N) is 1. The second-order valence-electron chi connectivity index (χ2n) is 9.54. The summed E-state index contributed by atoms with van der Waals surface area (Å²) in [5.74, 6) is -0.528. The molecule has 0 aliphatic rings. The van der Waals surface area contributed by atoms with Gasteiger partial charge in [0, 0.05) is 25.7 Å². The minimum Gasteiger partial charge on any atom is -0.493 e. The molecular formula is C29H39NO6. The van der Waals surface area contributed by atoms with Crippen molar-refractivity contribution in [3.05, 3.63) is 53.1 Å². The topological polar surface area (TPSA) is 105 Å². The van der Waals surface area contributed by atoms with Crippen LogP contribution in [0.5, 0.6) is 5.75 Å². The van der Waals surface area contributed by atoms with E-state index in [2.05, 4.69) is 45.0 Å². The molecule has 0 unspecified atom stereocenters. The Morgan fingerprint density at radius 3 is 1.92 bits per heavy atom. The van der Waals surface area contributed by atoms with Gasteiger partial charge in [-0.05, 0) is 73.1 Å². The van der Waals surface area contributed by atoms with Crippen LogP contribution in [-0.4, -0.2) is 37.7 Å². The summed E-state index contributed by atoms with van der Waals surface area (Å²) in [5.41, 5.74) is 10.1. The molecule has 0 aliphatic heterocycles. The van der Waals surface area contributed by atoms with Crippen molar-refractivity contribution in [1.29, 1.82) is 0 Å². The number of unbranched alkanes of at least 4 members (excludes halogenated alkanes) is 1. The predicted octanol–water partition coefficient (Wildman–Crippen LogP) is 5.07. The Morgan fingerprint density at radius 1 is 0.889 bits per heavy atom. The number of carbonyl (C=O) groups is 3. The maximum absolute atomic E-state index is 11.8. The maximum Gasteiger partial charge on any atom is 0.302 e. The van der Waals surface area contributed by atoms with Crippen molar-refractivity contribution in [2.75, 3.05) is 19.8 Å². The summed E-state index contributed by atoms with van der Waals surface area (Å²) in [6.07, 6.45) is 3.12. The zero-order valence-corrected chi connectivity index (χ0v) is 22.1. The van der Waals surface area contributed by atoms with Crippen LogP contribution in [0.15, 0.2) is 36.4 Å². The average Bonchev–Trinajstić information content (AvgIpc) is 2.81. The van der Waals surface area contributed by atoms with E-state index < -0.39 is 23.3 Å². The number of benzene rings is 2. The zero-order chi connectivity index (χ0) is 26.7. The molecule has 0 aliphatic carbocycles. The fraction of sp³-hybridized carbons (Fsp3) is 0.483. The van der Waals surface area contributed by atoms with Crippen molar-refractivity contribution < 1.29 is 28.6 Å². The molecule has 0 aromatic heterocycles. The van der Waals surface area contributed by atoms with E-state index in [1.165, 1.54) is 13.8 Å². The van der Waals surface area contributed by atoms with Gasteiger partial charge in [0.1, 0.15) is 19.0 Å². The molecule has 0 radical (unpaired) electrons. The van der Waals surface area contributed by atoms with Crippen molar-refractivity contribution >= 4 is 17.8 Å². The van der Waals surface area contributed by atoms with Gasteiger partial charge in [0.05, 0.1) is 6.61 Å². The van der Waals surface area contributed by atoms with Crippen LogP contribution in [0.25, 0.3) is 11.1 Å². The molecule has 1 amide bonds. The van der Waals surface area contributed by atoms with Gasteiger partial charge in [-0.25, -0.2) is 0 Å². The van der Waals surface area contributed by atoms with Gasteiger partial charge in [-0.1, -0.05) is 37.6 Å². The van der Waals surface area contributed by atoms with Gasteiger partial charge in [0.25, 0.3) is 0 Å². The lowest BCUT2D eigenvalue weighted by Crippen LogP contribution is -2.38. The molecule has 2 N–H and O–H groups in total. The molecule has 7 heteroatoms. The van der Waals surface area contributed by atoms with Crippen LogP contribution in [0.1, 0.15) is 63.1 Å². The predicted molar refractivity (Wildman–Crippen MR) is 140 cm³/mol. The second kappa shape index (κ2) is 13.7. The van der Waals surface area contributed by atoms with Crippen LogP contribution in [0.3, 0.4) is 0 Å². The van der Waals surface area contributed by atoms with E-state index in [4.69, 9.17) is 19.9 Å². The van der Waals surface area contributed by atoms with Gasteiger partial charge in [-0.15, -0.1) is 0 Å². The minimum atomic E-state index is -0.885. The molecule has 36 heavy (non-hydrogen) atoms. The highest BCUT2D eigenvalue weighted by Gasteiger charge is 2.35. The van der Waals surface area contributed by atoms with Crippen LogP contribution in [0.2, 0.25) is 0 Å². The molecule has 0 bridgehead atoms. The van der Waals surface area contributed by atoms with Crippen molar-refractivity contribution in [3.8, 4) is 16.9 Å². The number of amides is 1. The molecule has 0 atom stereocenters. The maximum atomic E-state index is 11.8. The monoisotopic (exact) mass is 497 g/mol. The Bertz CT molecular complexity index is 1000. The molecule has 0 fully saturated rings. The minimum absolute atomic E-state index is 0.0537. The van der Waals surface area contributed by atoms with Crippen molar-refractivity contribution in [2.24, 2.45) is 11.1 Å². The third kappa shape index (κ3) is 9.02. The lowest BCUT2D eigenvalue weighted by Gasteiger charge is -2.31. The molecule has 2 aromatic carbocycles. The highest BCUT2D eigenvalue weighted by molar-refractivity contribution is 5.75. The van der Waals surface area contributed by atoms with E-state index in [-0.39, 0.29) is 19.6 Å². The lowest BCUT2D eigenvalue weighted by atomic mass is 9.80. The van der Waals surface area contributed by atoms with Crippen LogP contribution in [0, 0.1) is 19.3 Å². The molecule has 2 aromatic rings. The summed E-state index contributed by atoms with van der Waals surface area (Å²) < 4.78 is 16.4. The normalized spacial score (nSPS) is 11.1. The van der Waals surface area contributed by atoms with E-state index in [9.17, 15) is 14.4 Å². The summed E-state index contributed by atoms with van der Waals surface area (Å²) in [6.45, 7) is 9.49. The molecular weight excluding hydrogens is 458 g/mol. The van der Waals surface area contributed by atoms with E-state index in [0.717, 1.165) is 53.0 Å². The smallest absolute Gasteiger partial charge is 0.302 e. The first-order chi connectivity index (χ1) is 17.0. The largest absolute Gasteiger partial charge is 0.493 e. The van der Waals surface area contributed by atoms with E-state index in [1.54, 1.807) is 0 Å². The van der Waals surface area contributed by atoms with Gasteiger partial charge in [-0.3, -0.25) is 14.4 Å². The molecule has 0 saturated heterocycles. The summed E-state index contributed by atoms with van der Waals surface area (Å²) in [4.78, 5) is 34.7. The van der Waals surface area contributed by atoms with Gasteiger partial charge in [0.15, 0.2) is 0 Å². The molecule has 7 nitrogen and oxygen atoms in total. The van der Waals surface area contributed by atoms with Crippen LogP contribution in [0.4, 0.5) is 0 Å². The Balaban J connectivity index is 2.18. The van der Waals surface area contributed by atoms with E-state index >= 15 is 0 Å². The number of rotatable bonds is 14. The van der Waals surface area contributed by atoms with E-state index in [0.29, 0.717) is 12.8 Å². The first-order valence-electron chi connectivity index (χ1n) is 12.4. The summed E-state index contributed by atoms with van der Waals surface area (Å²) >= 11 is 0. The summed E-state index contributed by atoms with van der Waals surface area (Å²) in [6, 6.07) is 12.5. The number of carbonyl (C=O) groups excluding carboxylic acids is 3. The Labute approximate surface area is 214 Å². The van der Waals surface area contributed by atoms with Gasteiger partial charge in [-0.2, -0.15) is 0 Å². The van der Waals surface area contributed by atoms with Crippen molar-refractivity contribution in [1.82, 2.24) is 0 Å². The van der Waals surface area contributed by atoms with E-state index in [1.807, 2.05) is 12.1 Å². The summed E-state index contributed by atoms with van der Waals surface area (Å²) in [7, 11) is 0. The van der Waals surface area contributed by atoms with Gasteiger partial charge >= 0.3 is 11.9 Å². The number of aryl methyl sites for hydroxylation is 3. The lowest BCUT2D eigenvalue weighted by molar-refractivity contribution is -0.154. The fourth-order valence-corrected chi connectivity index (χ4v) is 4.19. The number of primary amides is 1. The molecule has 2 rings (SSSR count). The molecule has 0 spiro atoms. The quantitative estimate of drug-likeness (QED) is 0.289. The van der Waals surface area contributed by atoms with Gasteiger partial charge < -0.3 is 19.9 Å². The third-order valence-corrected chi connectivity index (χ3v) is 6.15. The number of hydrogen-bond acceptors (Lipinski definition) is 6. The van der Waals surface area contributed by atoms with Crippen LogP contribution >= 0.6 is 0 Å². The standard InChI is InChI=1S/C29H39NO6/c1-6-7-14-34-28-20(2)15-26(16-21(28)3)25-10-8-24(9-11-25)12-13-29(17-27(30)33,18-35-22(4)31)19-36-23(5)32/h8-11,15-16H,6-7,12-14,17-19H2,1-5H3,(H2,30,33). The van der Waals surface area contributed by atoms with Crippen molar-refractivity contribution in [2.45, 2.75) is 66.7 Å². The van der Waals surface area contributed by atoms with Crippen molar-refractivity contribution in [3.63, 3.8) is 0 Å².